The van der Waals surface area contributed by atoms with E-state index in [-0.39, 0.29) is 28.9 Å². The van der Waals surface area contributed by atoms with Crippen molar-refractivity contribution < 1.29 is 9.53 Å². The Balaban J connectivity index is 1.65. The number of halogens is 1. The van der Waals surface area contributed by atoms with Crippen molar-refractivity contribution in [3.05, 3.63) is 79.1 Å². The summed E-state index contributed by atoms with van der Waals surface area (Å²) >= 11 is 7.82. The van der Waals surface area contributed by atoms with Gasteiger partial charge < -0.3 is 14.6 Å². The number of hydrogen-bond acceptors (Lipinski definition) is 5. The van der Waals surface area contributed by atoms with Crippen molar-refractivity contribution in [2.75, 3.05) is 0 Å². The highest BCUT2D eigenvalue weighted by molar-refractivity contribution is 7.10. The number of carbonyl (C=O) groups is 1. The van der Waals surface area contributed by atoms with Gasteiger partial charge >= 0.3 is 0 Å². The van der Waals surface area contributed by atoms with Gasteiger partial charge in [0.25, 0.3) is 11.5 Å². The molecule has 9 heteroatoms. The number of hydrogen-bond donors (Lipinski definition) is 1. The fourth-order valence-electron chi connectivity index (χ4n) is 4.65. The SMILES string of the molecule is CCc1nc2c(c(OC(C)C)c(C(=O)NC3(c4cccs4)CC3)n2C)c(=O)n1Cc1cccc(Cl)c1. The second-order valence-corrected chi connectivity index (χ2v) is 10.9. The zero-order valence-electron chi connectivity index (χ0n) is 20.8. The van der Waals surface area contributed by atoms with Crippen LogP contribution < -0.4 is 15.6 Å². The van der Waals surface area contributed by atoms with Gasteiger partial charge in [0.2, 0.25) is 0 Å². The summed E-state index contributed by atoms with van der Waals surface area (Å²) < 4.78 is 9.49. The van der Waals surface area contributed by atoms with Crippen LogP contribution >= 0.6 is 22.9 Å². The standard InChI is InChI=1S/C27H29ClN4O3S/c1-5-20-29-24-21(26(34)32(20)15-17-8-6-9-18(28)14-17)23(35-16(2)3)22(31(24)4)25(33)30-27(11-12-27)19-10-7-13-36-19/h6-10,13-14,16H,5,11-12,15H2,1-4H3,(H,30,33). The molecule has 0 aliphatic heterocycles. The zero-order valence-corrected chi connectivity index (χ0v) is 22.4. The lowest BCUT2D eigenvalue weighted by Crippen LogP contribution is -2.35. The van der Waals surface area contributed by atoms with Gasteiger partial charge in [0.15, 0.2) is 17.1 Å². The summed E-state index contributed by atoms with van der Waals surface area (Å²) in [6.45, 7) is 6.05. The first-order valence-electron chi connectivity index (χ1n) is 12.1. The van der Waals surface area contributed by atoms with Crippen LogP contribution in [0, 0.1) is 0 Å². The van der Waals surface area contributed by atoms with Crippen molar-refractivity contribution in [2.24, 2.45) is 7.05 Å². The molecule has 1 saturated carbocycles. The maximum absolute atomic E-state index is 13.9. The Hall–Kier alpha value is -3.10. The summed E-state index contributed by atoms with van der Waals surface area (Å²) in [4.78, 5) is 33.6. The highest BCUT2D eigenvalue weighted by Gasteiger charge is 2.47. The van der Waals surface area contributed by atoms with Crippen LogP contribution in [0.25, 0.3) is 11.0 Å². The van der Waals surface area contributed by atoms with E-state index in [1.54, 1.807) is 33.6 Å². The molecule has 1 amide bonds. The normalized spacial score (nSPS) is 14.4. The van der Waals surface area contributed by atoms with Crippen molar-refractivity contribution in [2.45, 2.75) is 58.2 Å². The fraction of sp³-hybridized carbons (Fsp3) is 0.370. The topological polar surface area (TPSA) is 78.2 Å². The second-order valence-electron chi connectivity index (χ2n) is 9.52. The van der Waals surface area contributed by atoms with Crippen molar-refractivity contribution in [3.8, 4) is 5.75 Å². The first-order valence-corrected chi connectivity index (χ1v) is 13.4. The number of nitrogens with one attached hydrogen (secondary N) is 1. The first kappa shape index (κ1) is 24.6. The molecule has 1 fully saturated rings. The molecule has 5 rings (SSSR count). The molecule has 1 aliphatic carbocycles. The Morgan fingerprint density at radius 3 is 2.67 bits per heavy atom. The minimum Gasteiger partial charge on any atom is -0.488 e. The smallest absolute Gasteiger partial charge is 0.272 e. The average Bonchev–Trinajstić information content (AvgIpc) is 3.27. The number of carbonyl (C=O) groups excluding carboxylic acids is 1. The zero-order chi connectivity index (χ0) is 25.6. The summed E-state index contributed by atoms with van der Waals surface area (Å²) in [5, 5.41) is 6.17. The number of rotatable bonds is 8. The molecule has 188 valence electrons. The van der Waals surface area contributed by atoms with Crippen molar-refractivity contribution in [1.29, 1.82) is 0 Å². The molecule has 1 N–H and O–H groups in total. The number of fused-ring (bicyclic) bond motifs is 1. The molecule has 7 nitrogen and oxygen atoms in total. The van der Waals surface area contributed by atoms with E-state index in [0.29, 0.717) is 40.5 Å². The summed E-state index contributed by atoms with van der Waals surface area (Å²) in [7, 11) is 1.77. The number of aryl methyl sites for hydroxylation is 2. The van der Waals surface area contributed by atoms with E-state index in [2.05, 4.69) is 11.4 Å². The van der Waals surface area contributed by atoms with Crippen LogP contribution in [-0.4, -0.2) is 26.1 Å². The Morgan fingerprint density at radius 2 is 2.06 bits per heavy atom. The van der Waals surface area contributed by atoms with E-state index >= 15 is 0 Å². The predicted octanol–water partition coefficient (Wildman–Crippen LogP) is 5.27. The molecule has 0 spiro atoms. The van der Waals surface area contributed by atoms with Gasteiger partial charge in [-0.15, -0.1) is 11.3 Å². The molecular weight excluding hydrogens is 496 g/mol. The van der Waals surface area contributed by atoms with Crippen molar-refractivity contribution in [3.63, 3.8) is 0 Å². The molecular formula is C27H29ClN4O3S. The molecule has 0 bridgehead atoms. The molecule has 4 aromatic rings. The van der Waals surface area contributed by atoms with Crippen LogP contribution in [0.15, 0.2) is 46.6 Å². The predicted molar refractivity (Wildman–Crippen MR) is 143 cm³/mol. The maximum atomic E-state index is 13.9. The van der Waals surface area contributed by atoms with Crippen LogP contribution in [0.5, 0.6) is 5.75 Å². The largest absolute Gasteiger partial charge is 0.488 e. The lowest BCUT2D eigenvalue weighted by Gasteiger charge is -2.18. The number of nitrogens with zero attached hydrogens (tertiary/aromatic N) is 3. The Bertz CT molecular complexity index is 1500. The van der Waals surface area contributed by atoms with Gasteiger partial charge in [0.05, 0.1) is 18.2 Å². The first-order chi connectivity index (χ1) is 17.2. The average molecular weight is 525 g/mol. The number of ether oxygens (including phenoxy) is 1. The highest BCUT2D eigenvalue weighted by Crippen LogP contribution is 2.48. The van der Waals surface area contributed by atoms with Crippen molar-refractivity contribution in [1.82, 2.24) is 19.4 Å². The lowest BCUT2D eigenvalue weighted by molar-refractivity contribution is 0.0917. The van der Waals surface area contributed by atoms with Gasteiger partial charge in [0.1, 0.15) is 11.2 Å². The van der Waals surface area contributed by atoms with E-state index in [4.69, 9.17) is 21.3 Å². The number of benzene rings is 1. The highest BCUT2D eigenvalue weighted by atomic mass is 35.5. The molecule has 1 aliphatic rings. The molecule has 3 aromatic heterocycles. The molecule has 0 unspecified atom stereocenters. The maximum Gasteiger partial charge on any atom is 0.272 e. The minimum absolute atomic E-state index is 0.235. The molecule has 0 saturated heterocycles. The molecule has 3 heterocycles. The van der Waals surface area contributed by atoms with Gasteiger partial charge in [-0.05, 0) is 55.8 Å². The van der Waals surface area contributed by atoms with Crippen LogP contribution in [0.1, 0.15) is 60.4 Å². The monoisotopic (exact) mass is 524 g/mol. The van der Waals surface area contributed by atoms with E-state index in [1.807, 2.05) is 50.4 Å². The van der Waals surface area contributed by atoms with Gasteiger partial charge in [-0.3, -0.25) is 14.2 Å². The van der Waals surface area contributed by atoms with Gasteiger partial charge in [-0.2, -0.15) is 0 Å². The second kappa shape index (κ2) is 9.41. The third-order valence-corrected chi connectivity index (χ3v) is 7.84. The van der Waals surface area contributed by atoms with E-state index < -0.39 is 0 Å². The van der Waals surface area contributed by atoms with E-state index in [0.717, 1.165) is 23.3 Å². The van der Waals surface area contributed by atoms with Gasteiger partial charge in [-0.1, -0.05) is 36.7 Å². The number of amides is 1. The summed E-state index contributed by atoms with van der Waals surface area (Å²) in [5.74, 6) is 0.645. The van der Waals surface area contributed by atoms with Gasteiger partial charge in [0, 0.05) is 23.4 Å². The Kier molecular flexibility index (Phi) is 6.43. The van der Waals surface area contributed by atoms with Crippen LogP contribution in [0.2, 0.25) is 5.02 Å². The van der Waals surface area contributed by atoms with Gasteiger partial charge in [-0.25, -0.2) is 4.98 Å². The molecule has 36 heavy (non-hydrogen) atoms. The van der Waals surface area contributed by atoms with E-state index in [9.17, 15) is 9.59 Å². The lowest BCUT2D eigenvalue weighted by atomic mass is 10.2. The summed E-state index contributed by atoms with van der Waals surface area (Å²) in [6, 6.07) is 11.5. The Morgan fingerprint density at radius 1 is 1.28 bits per heavy atom. The third kappa shape index (κ3) is 4.33. The quantitative estimate of drug-likeness (QED) is 0.341. The number of thiophene rings is 1. The van der Waals surface area contributed by atoms with E-state index in [1.165, 1.54) is 0 Å². The molecule has 0 atom stereocenters. The minimum atomic E-state index is -0.356. The van der Waals surface area contributed by atoms with Crippen molar-refractivity contribution >= 4 is 39.9 Å². The third-order valence-electron chi connectivity index (χ3n) is 6.53. The van der Waals surface area contributed by atoms with Crippen LogP contribution in [0.4, 0.5) is 0 Å². The van der Waals surface area contributed by atoms with Crippen LogP contribution in [0.3, 0.4) is 0 Å². The summed E-state index contributed by atoms with van der Waals surface area (Å²) in [5.41, 5.74) is 1.06. The Labute approximate surface area is 218 Å². The fourth-order valence-corrected chi connectivity index (χ4v) is 5.80. The van der Waals surface area contributed by atoms with Crippen LogP contribution in [-0.2, 0) is 25.6 Å². The molecule has 1 aromatic carbocycles. The molecule has 0 radical (unpaired) electrons. The summed E-state index contributed by atoms with van der Waals surface area (Å²) in [6.07, 6.45) is 2.09. The number of aromatic nitrogens is 3.